The average molecular weight is 357 g/mol. The van der Waals surface area contributed by atoms with E-state index in [0.29, 0.717) is 0 Å². The second-order valence-electron chi connectivity index (χ2n) is 8.96. The minimum absolute atomic E-state index is 0.0619. The third-order valence-corrected chi connectivity index (χ3v) is 7.11. The van der Waals surface area contributed by atoms with E-state index >= 15 is 0 Å². The van der Waals surface area contributed by atoms with Gasteiger partial charge >= 0.3 is 0 Å². The van der Waals surface area contributed by atoms with Crippen LogP contribution in [0.5, 0.6) is 0 Å². The fourth-order valence-electron chi connectivity index (χ4n) is 4.93. The summed E-state index contributed by atoms with van der Waals surface area (Å²) < 4.78 is 13.7. The first-order valence-corrected chi connectivity index (χ1v) is 11.1. The molecule has 1 atom stereocenters. The maximum atomic E-state index is 13.7. The first kappa shape index (κ1) is 19.6. The average Bonchev–Trinajstić information content (AvgIpc) is 2.68. The first-order valence-electron chi connectivity index (χ1n) is 11.1. The molecule has 0 aliphatic heterocycles. The van der Waals surface area contributed by atoms with Gasteiger partial charge in [-0.25, -0.2) is 4.39 Å². The van der Waals surface area contributed by atoms with Crippen molar-refractivity contribution < 1.29 is 4.39 Å². The van der Waals surface area contributed by atoms with E-state index in [1.807, 2.05) is 13.0 Å². The quantitative estimate of drug-likeness (QED) is 0.437. The van der Waals surface area contributed by atoms with Crippen LogP contribution in [0.25, 0.3) is 0 Å². The van der Waals surface area contributed by atoms with Gasteiger partial charge in [0.15, 0.2) is 0 Å². The highest BCUT2D eigenvalue weighted by molar-refractivity contribution is 5.24. The summed E-state index contributed by atoms with van der Waals surface area (Å²) in [5, 5.41) is 0. The van der Waals surface area contributed by atoms with Crippen LogP contribution in [0.2, 0.25) is 0 Å². The third-order valence-electron chi connectivity index (χ3n) is 7.11. The summed E-state index contributed by atoms with van der Waals surface area (Å²) in [6, 6.07) is 5.70. The molecule has 0 saturated heterocycles. The largest absolute Gasteiger partial charge is 0.207 e. The highest BCUT2D eigenvalue weighted by Gasteiger charge is 2.22. The number of allylic oxidation sites excluding steroid dienone is 2. The predicted molar refractivity (Wildman–Crippen MR) is 110 cm³/mol. The van der Waals surface area contributed by atoms with Crippen molar-refractivity contribution >= 4 is 0 Å². The van der Waals surface area contributed by atoms with E-state index in [-0.39, 0.29) is 5.82 Å². The normalized spacial score (nSPS) is 26.6. The lowest BCUT2D eigenvalue weighted by atomic mass is 9.76. The topological polar surface area (TPSA) is 0 Å². The Morgan fingerprint density at radius 2 is 1.65 bits per heavy atom. The zero-order valence-electron chi connectivity index (χ0n) is 16.9. The molecular formula is C25H37F. The van der Waals surface area contributed by atoms with Gasteiger partial charge in [0, 0.05) is 0 Å². The van der Waals surface area contributed by atoms with Crippen molar-refractivity contribution in [3.8, 4) is 0 Å². The molecule has 2 aliphatic carbocycles. The molecule has 0 nitrogen and oxygen atoms in total. The maximum Gasteiger partial charge on any atom is 0.126 e. The second kappa shape index (κ2) is 9.72. The van der Waals surface area contributed by atoms with Gasteiger partial charge in [-0.05, 0) is 80.4 Å². The van der Waals surface area contributed by atoms with Gasteiger partial charge in [0.05, 0.1) is 0 Å². The standard InChI is InChI=1S/C25H37F/c1-3-20-6-8-21(9-7-20)10-11-22-12-14-23(15-13-22)16-17-24-5-4-19(2)25(26)18-24/h4-5,14,18,20-22H,3,6-13,15-17H2,1-2H3. The zero-order valence-corrected chi connectivity index (χ0v) is 16.9. The Morgan fingerprint density at radius 1 is 0.923 bits per heavy atom. The molecule has 0 spiro atoms. The Morgan fingerprint density at radius 3 is 2.31 bits per heavy atom. The maximum absolute atomic E-state index is 13.7. The molecule has 1 unspecified atom stereocenters. The fraction of sp³-hybridized carbons (Fsp3) is 0.680. The monoisotopic (exact) mass is 356 g/mol. The van der Waals surface area contributed by atoms with Crippen LogP contribution in [0, 0.1) is 30.5 Å². The Hall–Kier alpha value is -1.11. The molecular weight excluding hydrogens is 319 g/mol. The molecule has 1 heteroatoms. The van der Waals surface area contributed by atoms with Crippen molar-refractivity contribution in [2.24, 2.45) is 17.8 Å². The molecule has 1 aromatic rings. The van der Waals surface area contributed by atoms with E-state index in [1.165, 1.54) is 64.2 Å². The molecule has 0 radical (unpaired) electrons. The molecule has 3 rings (SSSR count). The third kappa shape index (κ3) is 5.69. The molecule has 0 bridgehead atoms. The van der Waals surface area contributed by atoms with Crippen molar-refractivity contribution in [3.63, 3.8) is 0 Å². The van der Waals surface area contributed by atoms with Crippen LogP contribution in [-0.4, -0.2) is 0 Å². The van der Waals surface area contributed by atoms with Crippen molar-refractivity contribution in [2.45, 2.75) is 90.9 Å². The van der Waals surface area contributed by atoms with Crippen LogP contribution in [0.15, 0.2) is 29.8 Å². The molecule has 0 N–H and O–H groups in total. The molecule has 1 aromatic carbocycles. The molecule has 0 aromatic heterocycles. The second-order valence-corrected chi connectivity index (χ2v) is 8.96. The summed E-state index contributed by atoms with van der Waals surface area (Å²) in [5.41, 5.74) is 3.49. The number of aryl methyl sites for hydroxylation is 2. The fourth-order valence-corrected chi connectivity index (χ4v) is 4.93. The van der Waals surface area contributed by atoms with E-state index in [0.717, 1.165) is 41.7 Å². The van der Waals surface area contributed by atoms with E-state index in [9.17, 15) is 4.39 Å². The first-order chi connectivity index (χ1) is 12.6. The van der Waals surface area contributed by atoms with Crippen LogP contribution in [0.3, 0.4) is 0 Å². The van der Waals surface area contributed by atoms with Crippen LogP contribution < -0.4 is 0 Å². The van der Waals surface area contributed by atoms with E-state index in [2.05, 4.69) is 19.1 Å². The minimum Gasteiger partial charge on any atom is -0.207 e. The summed E-state index contributed by atoms with van der Waals surface area (Å²) in [4.78, 5) is 0. The minimum atomic E-state index is -0.0619. The Kier molecular flexibility index (Phi) is 7.34. The lowest BCUT2D eigenvalue weighted by Gasteiger charge is -2.29. The Bertz CT molecular complexity index is 592. The van der Waals surface area contributed by atoms with E-state index < -0.39 is 0 Å². The molecule has 1 fully saturated rings. The highest BCUT2D eigenvalue weighted by Crippen LogP contribution is 2.36. The molecule has 1 saturated carbocycles. The predicted octanol–water partition coefficient (Wildman–Crippen LogP) is 7.79. The van der Waals surface area contributed by atoms with Crippen molar-refractivity contribution in [3.05, 3.63) is 46.8 Å². The number of rotatable bonds is 7. The van der Waals surface area contributed by atoms with Gasteiger partial charge in [0.2, 0.25) is 0 Å². The summed E-state index contributed by atoms with van der Waals surface area (Å²) in [6.07, 6.45) is 18.7. The summed E-state index contributed by atoms with van der Waals surface area (Å²) in [6.45, 7) is 4.19. The Labute approximate surface area is 160 Å². The summed E-state index contributed by atoms with van der Waals surface area (Å²) in [5.74, 6) is 2.89. The summed E-state index contributed by atoms with van der Waals surface area (Å²) in [7, 11) is 0. The smallest absolute Gasteiger partial charge is 0.126 e. The van der Waals surface area contributed by atoms with Crippen LogP contribution >= 0.6 is 0 Å². The van der Waals surface area contributed by atoms with Gasteiger partial charge < -0.3 is 0 Å². The Balaban J connectivity index is 1.36. The molecule has 26 heavy (non-hydrogen) atoms. The lowest BCUT2D eigenvalue weighted by molar-refractivity contribution is 0.241. The zero-order chi connectivity index (χ0) is 18.4. The van der Waals surface area contributed by atoms with Gasteiger partial charge in [0.25, 0.3) is 0 Å². The number of benzene rings is 1. The highest BCUT2D eigenvalue weighted by atomic mass is 19.1. The van der Waals surface area contributed by atoms with E-state index in [1.54, 1.807) is 11.6 Å². The lowest BCUT2D eigenvalue weighted by Crippen LogP contribution is -2.15. The van der Waals surface area contributed by atoms with Gasteiger partial charge in [-0.15, -0.1) is 0 Å². The van der Waals surface area contributed by atoms with Crippen molar-refractivity contribution in [2.75, 3.05) is 0 Å². The number of hydrogen-bond acceptors (Lipinski definition) is 0. The van der Waals surface area contributed by atoms with Gasteiger partial charge in [-0.2, -0.15) is 0 Å². The van der Waals surface area contributed by atoms with E-state index in [4.69, 9.17) is 0 Å². The van der Waals surface area contributed by atoms with Crippen LogP contribution in [-0.2, 0) is 6.42 Å². The van der Waals surface area contributed by atoms with Crippen molar-refractivity contribution in [1.82, 2.24) is 0 Å². The molecule has 0 heterocycles. The van der Waals surface area contributed by atoms with Gasteiger partial charge in [-0.1, -0.05) is 69.2 Å². The number of halogens is 1. The SMILES string of the molecule is CCC1CCC(CCC2CC=C(CCc3ccc(C)c(F)c3)CC2)CC1. The molecule has 2 aliphatic rings. The molecule has 144 valence electrons. The van der Waals surface area contributed by atoms with Gasteiger partial charge in [0.1, 0.15) is 5.82 Å². The summed E-state index contributed by atoms with van der Waals surface area (Å²) >= 11 is 0. The van der Waals surface area contributed by atoms with Crippen LogP contribution in [0.1, 0.15) is 88.7 Å². The molecule has 0 amide bonds. The van der Waals surface area contributed by atoms with Gasteiger partial charge in [-0.3, -0.25) is 0 Å². The van der Waals surface area contributed by atoms with Crippen molar-refractivity contribution in [1.29, 1.82) is 0 Å². The van der Waals surface area contributed by atoms with Crippen LogP contribution in [0.4, 0.5) is 4.39 Å². The number of hydrogen-bond donors (Lipinski definition) is 0.